The number of carbonyl (C=O) groups excluding carboxylic acids is 1. The molecule has 4 aliphatic rings. The van der Waals surface area contributed by atoms with Gasteiger partial charge in [0.25, 0.3) is 11.8 Å². The quantitative estimate of drug-likeness (QED) is 0.807. The number of ether oxygens (including phenoxy) is 1. The molecule has 2 saturated heterocycles. The number of anilines is 1. The number of piperidine rings is 1. The van der Waals surface area contributed by atoms with Crippen molar-refractivity contribution in [2.24, 2.45) is 11.8 Å². The summed E-state index contributed by atoms with van der Waals surface area (Å²) in [5.74, 6) is -1.25. The first-order valence-corrected chi connectivity index (χ1v) is 9.56. The Bertz CT molecular complexity index is 729. The highest BCUT2D eigenvalue weighted by Gasteiger charge is 2.45. The van der Waals surface area contributed by atoms with Crippen LogP contribution in [-0.2, 0) is 0 Å². The van der Waals surface area contributed by atoms with Crippen molar-refractivity contribution in [1.82, 2.24) is 9.88 Å². The molecule has 2 aliphatic carbocycles. The van der Waals surface area contributed by atoms with Crippen LogP contribution in [0.3, 0.4) is 0 Å². The lowest BCUT2D eigenvalue weighted by Gasteiger charge is -2.40. The van der Waals surface area contributed by atoms with E-state index in [1.165, 1.54) is 6.42 Å². The second-order valence-electron chi connectivity index (χ2n) is 8.28. The van der Waals surface area contributed by atoms with E-state index in [1.807, 2.05) is 4.90 Å². The largest absolute Gasteiger partial charge is 0.476 e. The summed E-state index contributed by atoms with van der Waals surface area (Å²) in [7, 11) is 0. The van der Waals surface area contributed by atoms with E-state index < -0.39 is 5.92 Å². The minimum Gasteiger partial charge on any atom is -0.476 e. The van der Waals surface area contributed by atoms with Crippen molar-refractivity contribution in [3.05, 3.63) is 17.8 Å². The van der Waals surface area contributed by atoms with Crippen molar-refractivity contribution in [2.45, 2.75) is 44.1 Å². The summed E-state index contributed by atoms with van der Waals surface area (Å²) in [6.45, 7) is 0.703. The topological polar surface area (TPSA) is 45.7 Å². The molecular weight excluding hydrogens is 340 g/mol. The van der Waals surface area contributed by atoms with Gasteiger partial charge in [-0.05, 0) is 56.1 Å². The molecule has 1 aromatic heterocycles. The summed E-state index contributed by atoms with van der Waals surface area (Å²) in [5.41, 5.74) is 0.926. The summed E-state index contributed by atoms with van der Waals surface area (Å²) in [6.07, 6.45) is 5.64. The summed E-state index contributed by atoms with van der Waals surface area (Å²) in [4.78, 5) is 20.8. The number of aromatic nitrogens is 1. The molecule has 0 radical (unpaired) electrons. The Morgan fingerprint density at radius 1 is 1.23 bits per heavy atom. The number of amides is 1. The molecule has 2 unspecified atom stereocenters. The van der Waals surface area contributed by atoms with Crippen molar-refractivity contribution in [3.8, 4) is 5.88 Å². The van der Waals surface area contributed by atoms with E-state index in [0.717, 1.165) is 32.2 Å². The predicted octanol–water partition coefficient (Wildman–Crippen LogP) is 2.95. The average molecular weight is 363 g/mol. The van der Waals surface area contributed by atoms with E-state index in [0.29, 0.717) is 41.7 Å². The second kappa shape index (κ2) is 5.79. The molecule has 1 amide bonds. The molecule has 2 aliphatic heterocycles. The third kappa shape index (κ3) is 2.91. The first-order valence-electron chi connectivity index (χ1n) is 9.56. The third-order valence-corrected chi connectivity index (χ3v) is 6.07. The Kier molecular flexibility index (Phi) is 3.62. The normalized spacial score (nSPS) is 29.0. The predicted molar refractivity (Wildman–Crippen MR) is 91.8 cm³/mol. The molecule has 0 N–H and O–H groups in total. The molecule has 7 heteroatoms. The lowest BCUT2D eigenvalue weighted by molar-refractivity contribution is -0.0265. The fourth-order valence-corrected chi connectivity index (χ4v) is 4.38. The monoisotopic (exact) mass is 363 g/mol. The van der Waals surface area contributed by atoms with Crippen LogP contribution in [-0.4, -0.2) is 54.0 Å². The number of carbonyl (C=O) groups is 1. The minimum atomic E-state index is -2.66. The van der Waals surface area contributed by atoms with Crippen LogP contribution in [0, 0.1) is 11.8 Å². The second-order valence-corrected chi connectivity index (χ2v) is 8.28. The van der Waals surface area contributed by atoms with Gasteiger partial charge in [-0.15, -0.1) is 0 Å². The smallest absolute Gasteiger partial charge is 0.282 e. The number of likely N-dealkylation sites (tertiary alicyclic amines) is 1. The molecule has 5 nitrogen and oxygen atoms in total. The highest BCUT2D eigenvalue weighted by Crippen LogP contribution is 2.40. The highest BCUT2D eigenvalue weighted by molar-refractivity contribution is 5.93. The number of pyridine rings is 1. The van der Waals surface area contributed by atoms with Gasteiger partial charge in [0.2, 0.25) is 5.88 Å². The average Bonchev–Trinajstić information content (AvgIpc) is 3.19. The van der Waals surface area contributed by atoms with E-state index in [-0.39, 0.29) is 19.0 Å². The number of hydrogen-bond acceptors (Lipinski definition) is 4. The molecule has 5 rings (SSSR count). The zero-order valence-electron chi connectivity index (χ0n) is 14.7. The van der Waals surface area contributed by atoms with Crippen molar-refractivity contribution >= 4 is 11.6 Å². The molecule has 2 atom stereocenters. The van der Waals surface area contributed by atoms with Gasteiger partial charge in [0.05, 0.1) is 19.7 Å². The van der Waals surface area contributed by atoms with Crippen LogP contribution in [0.1, 0.15) is 42.6 Å². The van der Waals surface area contributed by atoms with E-state index in [1.54, 1.807) is 17.0 Å². The summed E-state index contributed by atoms with van der Waals surface area (Å²) < 4.78 is 32.4. The van der Waals surface area contributed by atoms with Crippen LogP contribution >= 0.6 is 0 Å². The Morgan fingerprint density at radius 3 is 2.65 bits per heavy atom. The summed E-state index contributed by atoms with van der Waals surface area (Å²) in [5, 5.41) is 0. The minimum absolute atomic E-state index is 0.0611. The van der Waals surface area contributed by atoms with Gasteiger partial charge >= 0.3 is 0 Å². The van der Waals surface area contributed by atoms with E-state index >= 15 is 0 Å². The molecule has 4 fully saturated rings. The Hall–Kier alpha value is -1.92. The van der Waals surface area contributed by atoms with E-state index in [9.17, 15) is 13.6 Å². The number of nitrogens with zero attached hydrogens (tertiary/aromatic N) is 3. The maximum absolute atomic E-state index is 13.3. The zero-order chi connectivity index (χ0) is 17.9. The molecule has 140 valence electrons. The van der Waals surface area contributed by atoms with Gasteiger partial charge in [-0.2, -0.15) is 0 Å². The summed E-state index contributed by atoms with van der Waals surface area (Å²) in [6, 6.07) is 3.70. The molecule has 26 heavy (non-hydrogen) atoms. The lowest BCUT2D eigenvalue weighted by Crippen LogP contribution is -2.56. The van der Waals surface area contributed by atoms with Crippen molar-refractivity contribution in [2.75, 3.05) is 31.1 Å². The van der Waals surface area contributed by atoms with E-state index in [2.05, 4.69) is 4.98 Å². The third-order valence-electron chi connectivity index (χ3n) is 6.07. The van der Waals surface area contributed by atoms with Crippen molar-refractivity contribution in [3.63, 3.8) is 0 Å². The standard InChI is InChI=1S/C19H23F2N3O2/c20-19(21)10-23(11-19)16-6-5-15(22-17(16)26-9-12-1-2-12)18(25)24-8-13-3-4-14(24)7-13/h5-6,12-14H,1-4,7-11H2. The molecule has 0 aromatic carbocycles. The maximum Gasteiger partial charge on any atom is 0.282 e. The van der Waals surface area contributed by atoms with Crippen LogP contribution in [0.15, 0.2) is 12.1 Å². The van der Waals surface area contributed by atoms with Crippen LogP contribution in [0.25, 0.3) is 0 Å². The molecule has 0 spiro atoms. The molecule has 2 saturated carbocycles. The van der Waals surface area contributed by atoms with E-state index in [4.69, 9.17) is 4.74 Å². The first-order chi connectivity index (χ1) is 12.5. The van der Waals surface area contributed by atoms with Crippen LogP contribution in [0.5, 0.6) is 5.88 Å². The Morgan fingerprint density at radius 2 is 2.04 bits per heavy atom. The number of alkyl halides is 2. The zero-order valence-corrected chi connectivity index (χ0v) is 14.7. The molecule has 2 bridgehead atoms. The van der Waals surface area contributed by atoms with Gasteiger partial charge < -0.3 is 14.5 Å². The maximum atomic E-state index is 13.3. The van der Waals surface area contributed by atoms with Crippen LogP contribution < -0.4 is 9.64 Å². The lowest BCUT2D eigenvalue weighted by atomic mass is 10.1. The fraction of sp³-hybridized carbons (Fsp3) is 0.684. The van der Waals surface area contributed by atoms with Gasteiger partial charge in [-0.25, -0.2) is 13.8 Å². The van der Waals surface area contributed by atoms with Gasteiger partial charge in [0, 0.05) is 12.6 Å². The number of fused-ring (bicyclic) bond motifs is 2. The van der Waals surface area contributed by atoms with Gasteiger partial charge in [-0.3, -0.25) is 4.79 Å². The SMILES string of the molecule is O=C(c1ccc(N2CC(F)(F)C2)c(OCC2CC2)n1)N1CC2CCC1C2. The summed E-state index contributed by atoms with van der Waals surface area (Å²) >= 11 is 0. The fourth-order valence-electron chi connectivity index (χ4n) is 4.38. The van der Waals surface area contributed by atoms with Gasteiger partial charge in [0.15, 0.2) is 0 Å². The molecule has 1 aromatic rings. The van der Waals surface area contributed by atoms with Gasteiger partial charge in [-0.1, -0.05) is 0 Å². The molecular formula is C19H23F2N3O2. The van der Waals surface area contributed by atoms with Gasteiger partial charge in [0.1, 0.15) is 11.4 Å². The Balaban J connectivity index is 1.37. The number of hydrogen-bond donors (Lipinski definition) is 0. The van der Waals surface area contributed by atoms with Crippen molar-refractivity contribution in [1.29, 1.82) is 0 Å². The Labute approximate surface area is 151 Å². The number of rotatable bonds is 5. The highest BCUT2D eigenvalue weighted by atomic mass is 19.3. The van der Waals surface area contributed by atoms with Crippen LogP contribution in [0.4, 0.5) is 14.5 Å². The van der Waals surface area contributed by atoms with Crippen molar-refractivity contribution < 1.29 is 18.3 Å². The molecule has 3 heterocycles. The first kappa shape index (κ1) is 16.3. The number of halogens is 2. The van der Waals surface area contributed by atoms with Crippen LogP contribution in [0.2, 0.25) is 0 Å².